The minimum absolute atomic E-state index is 0.0389. The van der Waals surface area contributed by atoms with Crippen molar-refractivity contribution in [3.63, 3.8) is 0 Å². The molecule has 0 heterocycles. The lowest BCUT2D eigenvalue weighted by Gasteiger charge is -2.08. The van der Waals surface area contributed by atoms with Crippen LogP contribution >= 0.6 is 11.8 Å². The number of hydrogen-bond donors (Lipinski definition) is 1. The first kappa shape index (κ1) is 17.7. The quantitative estimate of drug-likeness (QED) is 0.478. The number of amides is 1. The topological polar surface area (TPSA) is 81.5 Å². The van der Waals surface area contributed by atoms with Crippen molar-refractivity contribution < 1.29 is 23.2 Å². The Morgan fingerprint density at radius 3 is 2.46 bits per heavy atom. The van der Waals surface area contributed by atoms with E-state index in [1.54, 1.807) is 6.26 Å². The number of carbonyl (C=O) groups excluding carboxylic acids is 1. The maximum atomic E-state index is 12.2. The van der Waals surface area contributed by atoms with Crippen LogP contribution in [0.4, 0.5) is 20.2 Å². The van der Waals surface area contributed by atoms with Crippen molar-refractivity contribution in [2.75, 3.05) is 11.6 Å². The number of halogens is 2. The number of anilines is 1. The molecule has 0 saturated carbocycles. The van der Waals surface area contributed by atoms with Crippen molar-refractivity contribution >= 4 is 29.0 Å². The number of ether oxygens (including phenoxy) is 1. The number of thioether (sulfide) groups is 1. The number of benzene rings is 2. The van der Waals surface area contributed by atoms with Gasteiger partial charge in [0.15, 0.2) is 0 Å². The van der Waals surface area contributed by atoms with Gasteiger partial charge in [0.05, 0.1) is 9.82 Å². The van der Waals surface area contributed by atoms with Crippen molar-refractivity contribution in [3.05, 3.63) is 58.1 Å². The summed E-state index contributed by atoms with van der Waals surface area (Å²) >= 11 is 1.21. The molecule has 2 rings (SSSR count). The summed E-state index contributed by atoms with van der Waals surface area (Å²) in [5, 5.41) is 13.6. The summed E-state index contributed by atoms with van der Waals surface area (Å²) in [6.45, 7) is -2.93. The molecule has 0 atom stereocenters. The molecule has 1 amide bonds. The molecular weight excluding hydrogens is 342 g/mol. The minimum Gasteiger partial charge on any atom is -0.435 e. The molecule has 126 valence electrons. The van der Waals surface area contributed by atoms with Crippen LogP contribution in [0.3, 0.4) is 0 Å². The molecule has 0 aromatic heterocycles. The van der Waals surface area contributed by atoms with Crippen LogP contribution in [0.1, 0.15) is 10.4 Å². The first-order chi connectivity index (χ1) is 11.4. The van der Waals surface area contributed by atoms with E-state index in [0.717, 1.165) is 0 Å². The van der Waals surface area contributed by atoms with Crippen molar-refractivity contribution in [2.45, 2.75) is 11.5 Å². The summed E-state index contributed by atoms with van der Waals surface area (Å²) in [6, 6.07) is 9.50. The van der Waals surface area contributed by atoms with Crippen LogP contribution in [-0.4, -0.2) is 23.7 Å². The molecule has 0 spiro atoms. The van der Waals surface area contributed by atoms with Crippen molar-refractivity contribution in [1.82, 2.24) is 0 Å². The van der Waals surface area contributed by atoms with Gasteiger partial charge < -0.3 is 10.1 Å². The Kier molecular flexibility index (Phi) is 5.69. The van der Waals surface area contributed by atoms with Crippen LogP contribution in [-0.2, 0) is 0 Å². The molecule has 9 heteroatoms. The molecule has 0 bridgehead atoms. The Labute approximate surface area is 140 Å². The largest absolute Gasteiger partial charge is 0.435 e. The highest BCUT2D eigenvalue weighted by Gasteiger charge is 2.17. The first-order valence-corrected chi connectivity index (χ1v) is 7.82. The monoisotopic (exact) mass is 354 g/mol. The van der Waals surface area contributed by atoms with Gasteiger partial charge in [0.1, 0.15) is 5.75 Å². The van der Waals surface area contributed by atoms with Gasteiger partial charge >= 0.3 is 6.61 Å². The highest BCUT2D eigenvalue weighted by molar-refractivity contribution is 7.98. The average molecular weight is 354 g/mol. The molecule has 0 fully saturated rings. The third-order valence-corrected chi connectivity index (χ3v) is 3.76. The molecule has 0 aliphatic heterocycles. The van der Waals surface area contributed by atoms with E-state index in [4.69, 9.17) is 0 Å². The molecule has 0 aliphatic carbocycles. The lowest BCUT2D eigenvalue weighted by atomic mass is 10.2. The number of nitrogens with zero attached hydrogens (tertiary/aromatic N) is 1. The van der Waals surface area contributed by atoms with Gasteiger partial charge in [-0.05, 0) is 42.7 Å². The van der Waals surface area contributed by atoms with Gasteiger partial charge in [-0.2, -0.15) is 8.78 Å². The van der Waals surface area contributed by atoms with Crippen LogP contribution in [0.5, 0.6) is 5.75 Å². The molecular formula is C15H12F2N2O4S. The lowest BCUT2D eigenvalue weighted by Crippen LogP contribution is -2.12. The van der Waals surface area contributed by atoms with E-state index < -0.39 is 17.4 Å². The standard InChI is InChI=1S/C15H12F2N2O4S/c1-24-13-7-2-9(8-12(13)19(21)22)14(20)18-10-3-5-11(6-4-10)23-15(16)17/h2-8,15H,1H3,(H,18,20). The smallest absolute Gasteiger partial charge is 0.387 e. The van der Waals surface area contributed by atoms with E-state index in [-0.39, 0.29) is 17.0 Å². The second-order valence-electron chi connectivity index (χ2n) is 4.50. The third-order valence-electron chi connectivity index (χ3n) is 2.98. The highest BCUT2D eigenvalue weighted by Crippen LogP contribution is 2.28. The van der Waals surface area contributed by atoms with Gasteiger partial charge in [0.2, 0.25) is 0 Å². The molecule has 2 aromatic carbocycles. The summed E-state index contributed by atoms with van der Waals surface area (Å²) in [7, 11) is 0. The predicted octanol–water partition coefficient (Wildman–Crippen LogP) is 4.17. The molecule has 0 aliphatic rings. The van der Waals surface area contributed by atoms with Gasteiger partial charge in [0.25, 0.3) is 11.6 Å². The molecule has 24 heavy (non-hydrogen) atoms. The zero-order valence-electron chi connectivity index (χ0n) is 12.4. The molecule has 6 nitrogen and oxygen atoms in total. The fourth-order valence-corrected chi connectivity index (χ4v) is 2.44. The van der Waals surface area contributed by atoms with Crippen molar-refractivity contribution in [1.29, 1.82) is 0 Å². The van der Waals surface area contributed by atoms with Gasteiger partial charge in [-0.15, -0.1) is 11.8 Å². The molecule has 0 unspecified atom stereocenters. The van der Waals surface area contributed by atoms with Crippen LogP contribution in [0.2, 0.25) is 0 Å². The number of nitro groups is 1. The van der Waals surface area contributed by atoms with Gasteiger partial charge in [-0.3, -0.25) is 14.9 Å². The fourth-order valence-electron chi connectivity index (χ4n) is 1.90. The van der Waals surface area contributed by atoms with E-state index in [9.17, 15) is 23.7 Å². The summed E-state index contributed by atoms with van der Waals surface area (Å²) in [6.07, 6.45) is 1.70. The second-order valence-corrected chi connectivity index (χ2v) is 5.35. The molecule has 0 radical (unpaired) electrons. The number of carbonyl (C=O) groups is 1. The average Bonchev–Trinajstić information content (AvgIpc) is 2.55. The predicted molar refractivity (Wildman–Crippen MR) is 85.9 cm³/mol. The van der Waals surface area contributed by atoms with Crippen LogP contribution in [0.25, 0.3) is 0 Å². The summed E-state index contributed by atoms with van der Waals surface area (Å²) in [5.74, 6) is -0.587. The maximum absolute atomic E-state index is 12.2. The number of rotatable bonds is 6. The van der Waals surface area contributed by atoms with E-state index in [2.05, 4.69) is 10.1 Å². The summed E-state index contributed by atoms with van der Waals surface area (Å²) < 4.78 is 28.3. The van der Waals surface area contributed by atoms with E-state index in [1.807, 2.05) is 0 Å². The Morgan fingerprint density at radius 2 is 1.92 bits per heavy atom. The Bertz CT molecular complexity index is 754. The van der Waals surface area contributed by atoms with Crippen LogP contribution in [0.15, 0.2) is 47.4 Å². The number of hydrogen-bond acceptors (Lipinski definition) is 5. The molecule has 1 N–H and O–H groups in total. The van der Waals surface area contributed by atoms with E-state index in [1.165, 1.54) is 54.2 Å². The Morgan fingerprint density at radius 1 is 1.25 bits per heavy atom. The zero-order valence-corrected chi connectivity index (χ0v) is 13.2. The number of alkyl halides is 2. The maximum Gasteiger partial charge on any atom is 0.387 e. The van der Waals surface area contributed by atoms with Gasteiger partial charge in [0, 0.05) is 17.3 Å². The second kappa shape index (κ2) is 7.73. The Balaban J connectivity index is 2.15. The Hall–Kier alpha value is -2.68. The fraction of sp³-hybridized carbons (Fsp3) is 0.133. The highest BCUT2D eigenvalue weighted by atomic mass is 32.2. The molecule has 2 aromatic rings. The van der Waals surface area contributed by atoms with Crippen LogP contribution in [0, 0.1) is 10.1 Å². The zero-order chi connectivity index (χ0) is 17.7. The minimum atomic E-state index is -2.93. The lowest BCUT2D eigenvalue weighted by molar-refractivity contribution is -0.387. The SMILES string of the molecule is CSc1ccc(C(=O)Nc2ccc(OC(F)F)cc2)cc1[N+](=O)[O-]. The van der Waals surface area contributed by atoms with Crippen molar-refractivity contribution in [3.8, 4) is 5.75 Å². The normalized spacial score (nSPS) is 10.5. The van der Waals surface area contributed by atoms with E-state index in [0.29, 0.717) is 10.6 Å². The van der Waals surface area contributed by atoms with E-state index >= 15 is 0 Å². The third kappa shape index (κ3) is 4.42. The van der Waals surface area contributed by atoms with Crippen LogP contribution < -0.4 is 10.1 Å². The van der Waals surface area contributed by atoms with Gasteiger partial charge in [-0.1, -0.05) is 0 Å². The number of nitrogens with one attached hydrogen (secondary N) is 1. The summed E-state index contributed by atoms with van der Waals surface area (Å²) in [4.78, 5) is 23.1. The first-order valence-electron chi connectivity index (χ1n) is 6.59. The van der Waals surface area contributed by atoms with Gasteiger partial charge in [-0.25, -0.2) is 0 Å². The summed E-state index contributed by atoms with van der Waals surface area (Å²) in [5.41, 5.74) is 0.307. The molecule has 0 saturated heterocycles. The number of nitro benzene ring substituents is 1. The van der Waals surface area contributed by atoms with Crippen molar-refractivity contribution in [2.24, 2.45) is 0 Å².